The van der Waals surface area contributed by atoms with Crippen molar-refractivity contribution in [3.05, 3.63) is 0 Å². The average molecular weight is 438 g/mol. The Labute approximate surface area is 182 Å². The largest absolute Gasteiger partial charge is 0.338 e. The van der Waals surface area contributed by atoms with E-state index in [2.05, 4.69) is 10.2 Å². The highest BCUT2D eigenvalue weighted by molar-refractivity contribution is 7.89. The van der Waals surface area contributed by atoms with E-state index < -0.39 is 10.0 Å². The van der Waals surface area contributed by atoms with Crippen LogP contribution in [-0.4, -0.2) is 66.5 Å². The van der Waals surface area contributed by atoms with E-state index in [1.165, 1.54) is 12.8 Å². The lowest BCUT2D eigenvalue weighted by Gasteiger charge is -2.46. The van der Waals surface area contributed by atoms with Crippen LogP contribution >= 0.6 is 0 Å². The summed E-state index contributed by atoms with van der Waals surface area (Å²) < 4.78 is 29.1. The van der Waals surface area contributed by atoms with E-state index in [1.54, 1.807) is 0 Å². The van der Waals surface area contributed by atoms with Gasteiger partial charge in [0.25, 0.3) is 0 Å². The molecule has 0 spiro atoms. The number of carbonyl (C=O) groups is 1. The monoisotopic (exact) mass is 437 g/mol. The third-order valence-corrected chi connectivity index (χ3v) is 11.2. The summed E-state index contributed by atoms with van der Waals surface area (Å²) in [4.78, 5) is 15.7. The molecule has 3 saturated heterocycles. The molecule has 0 aromatic carbocycles. The first kappa shape index (κ1) is 21.2. The van der Waals surface area contributed by atoms with Gasteiger partial charge in [0.2, 0.25) is 15.9 Å². The number of carbonyl (C=O) groups excluding carboxylic acids is 1. The highest BCUT2D eigenvalue weighted by atomic mass is 32.2. The first-order valence-corrected chi connectivity index (χ1v) is 14.1. The molecule has 6 atom stereocenters. The lowest BCUT2D eigenvalue weighted by atomic mass is 9.84. The number of amides is 1. The van der Waals surface area contributed by atoms with Gasteiger partial charge in [-0.05, 0) is 76.7 Å². The molecule has 0 aromatic rings. The predicted octanol–water partition coefficient (Wildman–Crippen LogP) is 2.88. The zero-order valence-corrected chi connectivity index (χ0v) is 19.1. The minimum atomic E-state index is -3.30. The molecule has 30 heavy (non-hydrogen) atoms. The summed E-state index contributed by atoms with van der Waals surface area (Å²) in [6.07, 6.45) is 13.1. The molecule has 2 aliphatic carbocycles. The van der Waals surface area contributed by atoms with Crippen LogP contribution in [0.2, 0.25) is 0 Å². The molecule has 5 rings (SSSR count). The van der Waals surface area contributed by atoms with Gasteiger partial charge in [-0.1, -0.05) is 19.3 Å². The fourth-order valence-corrected chi connectivity index (χ4v) is 9.61. The van der Waals surface area contributed by atoms with Crippen LogP contribution in [0.25, 0.3) is 0 Å². The van der Waals surface area contributed by atoms with Gasteiger partial charge in [0, 0.05) is 37.1 Å². The third kappa shape index (κ3) is 3.83. The van der Waals surface area contributed by atoms with E-state index in [1.807, 2.05) is 4.31 Å². The van der Waals surface area contributed by atoms with Crippen LogP contribution in [-0.2, 0) is 14.8 Å². The maximum atomic E-state index is 13.6. The van der Waals surface area contributed by atoms with E-state index in [-0.39, 0.29) is 23.1 Å². The highest BCUT2D eigenvalue weighted by Gasteiger charge is 2.47. The first-order chi connectivity index (χ1) is 14.6. The lowest BCUT2D eigenvalue weighted by molar-refractivity contribution is -0.141. The molecule has 1 N–H and O–H groups in total. The zero-order chi connectivity index (χ0) is 20.7. The Bertz CT molecular complexity index is 740. The smallest absolute Gasteiger partial charge is 0.226 e. The van der Waals surface area contributed by atoms with Gasteiger partial charge in [0.05, 0.1) is 5.25 Å². The number of hydrogen-bond donors (Lipinski definition) is 1. The van der Waals surface area contributed by atoms with E-state index in [0.717, 1.165) is 77.3 Å². The Kier molecular flexibility index (Phi) is 6.15. The van der Waals surface area contributed by atoms with Gasteiger partial charge in [0.1, 0.15) is 0 Å². The normalized spacial score (nSPS) is 40.6. The zero-order valence-electron chi connectivity index (χ0n) is 18.3. The van der Waals surface area contributed by atoms with E-state index in [0.29, 0.717) is 31.0 Å². The minimum Gasteiger partial charge on any atom is -0.338 e. The molecule has 3 aliphatic heterocycles. The molecule has 6 unspecified atom stereocenters. The molecule has 170 valence electrons. The number of hydrogen-bond acceptors (Lipinski definition) is 4. The molecule has 0 radical (unpaired) electrons. The number of rotatable bonds is 3. The summed E-state index contributed by atoms with van der Waals surface area (Å²) >= 11 is 0. The van der Waals surface area contributed by atoms with Gasteiger partial charge in [-0.2, -0.15) is 4.31 Å². The molecule has 5 fully saturated rings. The van der Waals surface area contributed by atoms with Crippen molar-refractivity contribution in [1.29, 1.82) is 0 Å². The average Bonchev–Trinajstić information content (AvgIpc) is 3.23. The van der Waals surface area contributed by atoms with Crippen molar-refractivity contribution in [2.24, 2.45) is 11.8 Å². The molecule has 3 heterocycles. The second-order valence-electron chi connectivity index (χ2n) is 10.5. The van der Waals surface area contributed by atoms with Crippen LogP contribution in [0.4, 0.5) is 0 Å². The number of piperidine rings is 2. The third-order valence-electron chi connectivity index (χ3n) is 8.83. The number of sulfonamides is 1. The highest BCUT2D eigenvalue weighted by Crippen LogP contribution is 2.41. The Morgan fingerprint density at radius 1 is 0.800 bits per heavy atom. The summed E-state index contributed by atoms with van der Waals surface area (Å²) in [5.41, 5.74) is 0. The van der Waals surface area contributed by atoms with Crippen molar-refractivity contribution < 1.29 is 13.2 Å². The van der Waals surface area contributed by atoms with E-state index in [9.17, 15) is 13.2 Å². The van der Waals surface area contributed by atoms with Crippen molar-refractivity contribution in [1.82, 2.24) is 14.5 Å². The number of nitrogens with zero attached hydrogens (tertiary/aromatic N) is 2. The van der Waals surface area contributed by atoms with Crippen LogP contribution in [0.5, 0.6) is 0 Å². The Morgan fingerprint density at radius 2 is 1.63 bits per heavy atom. The van der Waals surface area contributed by atoms with Crippen molar-refractivity contribution in [3.63, 3.8) is 0 Å². The second-order valence-corrected chi connectivity index (χ2v) is 12.7. The van der Waals surface area contributed by atoms with E-state index in [4.69, 9.17) is 0 Å². The number of fused-ring (bicyclic) bond motifs is 2. The summed E-state index contributed by atoms with van der Waals surface area (Å²) in [5.74, 6) is 0.702. The maximum Gasteiger partial charge on any atom is 0.226 e. The van der Waals surface area contributed by atoms with Gasteiger partial charge in [0.15, 0.2) is 0 Å². The summed E-state index contributed by atoms with van der Waals surface area (Å²) in [6, 6.07) is 0.988. The molecule has 1 amide bonds. The van der Waals surface area contributed by atoms with Gasteiger partial charge in [-0.3, -0.25) is 4.79 Å². The van der Waals surface area contributed by atoms with Crippen LogP contribution in [0, 0.1) is 11.8 Å². The molecular weight excluding hydrogens is 398 g/mol. The fourth-order valence-electron chi connectivity index (χ4n) is 7.27. The molecular formula is C23H39N3O3S. The van der Waals surface area contributed by atoms with Gasteiger partial charge < -0.3 is 10.2 Å². The van der Waals surface area contributed by atoms with Crippen LogP contribution in [0.1, 0.15) is 83.5 Å². The van der Waals surface area contributed by atoms with Crippen LogP contribution in [0.3, 0.4) is 0 Å². The van der Waals surface area contributed by atoms with Gasteiger partial charge in [-0.25, -0.2) is 8.42 Å². The van der Waals surface area contributed by atoms with Crippen LogP contribution in [0.15, 0.2) is 0 Å². The summed E-state index contributed by atoms with van der Waals surface area (Å²) in [5, 5.41) is 3.25. The maximum absolute atomic E-state index is 13.6. The Balaban J connectivity index is 1.28. The van der Waals surface area contributed by atoms with Gasteiger partial charge in [-0.15, -0.1) is 0 Å². The first-order valence-electron chi connectivity index (χ1n) is 12.6. The molecule has 7 heteroatoms. The molecule has 5 aliphatic rings. The van der Waals surface area contributed by atoms with Crippen molar-refractivity contribution in [2.45, 2.75) is 107 Å². The minimum absolute atomic E-state index is 0.107. The van der Waals surface area contributed by atoms with Crippen molar-refractivity contribution >= 4 is 15.9 Å². The molecule has 0 bridgehead atoms. The fraction of sp³-hybridized carbons (Fsp3) is 0.957. The molecule has 0 aromatic heterocycles. The lowest BCUT2D eigenvalue weighted by Crippen LogP contribution is -2.59. The van der Waals surface area contributed by atoms with Crippen molar-refractivity contribution in [2.75, 3.05) is 19.6 Å². The SMILES string of the molecule is O=C(C1CCCC(S(=O)(=O)N2CCC3CCCCC32)C1)N1CCCC2NCCCC21. The Morgan fingerprint density at radius 3 is 2.53 bits per heavy atom. The van der Waals surface area contributed by atoms with E-state index >= 15 is 0 Å². The van der Waals surface area contributed by atoms with Crippen molar-refractivity contribution in [3.8, 4) is 0 Å². The predicted molar refractivity (Wildman–Crippen MR) is 117 cm³/mol. The number of likely N-dealkylation sites (tertiary alicyclic amines) is 1. The standard InChI is InChI=1S/C23H39N3O3S/c27-23(25-14-5-9-20-22(25)11-4-13-24-20)18-7-3-8-19(16-18)30(28,29)26-15-12-17-6-1-2-10-21(17)26/h17-22,24H,1-16H2. The van der Waals surface area contributed by atoms with Gasteiger partial charge >= 0.3 is 0 Å². The molecule has 6 nitrogen and oxygen atoms in total. The Hall–Kier alpha value is -0.660. The molecule has 2 saturated carbocycles. The summed E-state index contributed by atoms with van der Waals surface area (Å²) in [6.45, 7) is 2.62. The quantitative estimate of drug-likeness (QED) is 0.737. The second kappa shape index (κ2) is 8.70. The van der Waals surface area contributed by atoms with Crippen LogP contribution < -0.4 is 5.32 Å². The topological polar surface area (TPSA) is 69.7 Å². The summed E-state index contributed by atoms with van der Waals surface area (Å²) in [7, 11) is -3.30. The number of nitrogens with one attached hydrogen (secondary N) is 1.